The van der Waals surface area contributed by atoms with Gasteiger partial charge in [-0.25, -0.2) is 4.39 Å². The lowest BCUT2D eigenvalue weighted by Gasteiger charge is -2.53. The molecule has 7 heterocycles. The first-order chi connectivity index (χ1) is 19.4. The highest BCUT2D eigenvalue weighted by atomic mass is 32.1. The van der Waals surface area contributed by atoms with Gasteiger partial charge < -0.3 is 25.6 Å². The number of aryl methyl sites for hydroxylation is 1. The van der Waals surface area contributed by atoms with Gasteiger partial charge in [0.1, 0.15) is 35.5 Å². The minimum absolute atomic E-state index is 0.0453. The first-order valence-electron chi connectivity index (χ1n) is 14.9. The van der Waals surface area contributed by atoms with Crippen molar-refractivity contribution in [3.05, 3.63) is 22.1 Å². The lowest BCUT2D eigenvalue weighted by Crippen LogP contribution is -2.61. The van der Waals surface area contributed by atoms with Gasteiger partial charge in [-0.15, -0.1) is 11.3 Å². The molecule has 212 valence electrons. The molecule has 11 heteroatoms. The molecule has 4 atom stereocenters. The molecule has 6 aliphatic rings. The molecule has 0 aromatic carbocycles. The van der Waals surface area contributed by atoms with Crippen molar-refractivity contribution < 1.29 is 9.13 Å². The molecule has 1 aliphatic carbocycles. The molecule has 2 aromatic heterocycles. The number of nitrogens with two attached hydrogens (primary N) is 1. The maximum absolute atomic E-state index is 14.4. The van der Waals surface area contributed by atoms with Gasteiger partial charge in [-0.05, 0) is 57.1 Å². The number of hydrogen-bond donors (Lipinski definition) is 2. The number of alkyl halides is 1. The Balaban J connectivity index is 1.09. The first kappa shape index (κ1) is 25.1. The largest absolute Gasteiger partial charge is 0.461 e. The van der Waals surface area contributed by atoms with Gasteiger partial charge in [-0.2, -0.15) is 15.2 Å². The fourth-order valence-corrected chi connectivity index (χ4v) is 9.82. The number of anilines is 3. The van der Waals surface area contributed by atoms with E-state index in [2.05, 4.69) is 32.2 Å². The van der Waals surface area contributed by atoms with Gasteiger partial charge in [-0.3, -0.25) is 4.90 Å². The summed E-state index contributed by atoms with van der Waals surface area (Å²) in [6.07, 6.45) is 7.38. The molecular formula is C29H37FN8OS. The summed E-state index contributed by atoms with van der Waals surface area (Å²) in [7, 11) is 0. The Morgan fingerprint density at radius 3 is 2.67 bits per heavy atom. The molecule has 0 radical (unpaired) electrons. The van der Waals surface area contributed by atoms with Crippen molar-refractivity contribution in [2.45, 2.75) is 80.6 Å². The first-order valence-corrected chi connectivity index (χ1v) is 15.7. The van der Waals surface area contributed by atoms with Gasteiger partial charge in [0.2, 0.25) is 0 Å². The Morgan fingerprint density at radius 1 is 1.12 bits per heavy atom. The third-order valence-corrected chi connectivity index (χ3v) is 11.5. The molecule has 1 spiro atoms. The van der Waals surface area contributed by atoms with E-state index in [4.69, 9.17) is 20.4 Å². The summed E-state index contributed by atoms with van der Waals surface area (Å²) in [4.78, 5) is 18.1. The Labute approximate surface area is 238 Å². The SMILES string of the molecule is N#Cc1c(N)sc2c1C1(CCC2)CN(c2cc(N3CC4CCC(C3)N4)nc(OC[C@@]34CCCN3C[C@H](F)C4)n2)C1. The molecule has 5 saturated heterocycles. The quantitative estimate of drug-likeness (QED) is 0.567. The average Bonchev–Trinajstić information content (AvgIpc) is 3.65. The van der Waals surface area contributed by atoms with Crippen LogP contribution in [0.5, 0.6) is 6.01 Å². The minimum atomic E-state index is -0.787. The fraction of sp³-hybridized carbons (Fsp3) is 0.690. The predicted octanol–water partition coefficient (Wildman–Crippen LogP) is 2.98. The second-order valence-corrected chi connectivity index (χ2v) is 14.2. The van der Waals surface area contributed by atoms with Gasteiger partial charge in [0.25, 0.3) is 0 Å². The van der Waals surface area contributed by atoms with Crippen LogP contribution in [-0.4, -0.2) is 84.5 Å². The van der Waals surface area contributed by atoms with Crippen molar-refractivity contribution in [2.75, 3.05) is 61.4 Å². The van der Waals surface area contributed by atoms with E-state index < -0.39 is 6.17 Å². The highest BCUT2D eigenvalue weighted by molar-refractivity contribution is 7.16. The molecule has 2 aromatic rings. The summed E-state index contributed by atoms with van der Waals surface area (Å²) in [5.41, 5.74) is 7.86. The van der Waals surface area contributed by atoms with Crippen molar-refractivity contribution >= 4 is 28.0 Å². The van der Waals surface area contributed by atoms with E-state index in [1.807, 2.05) is 0 Å². The van der Waals surface area contributed by atoms with Gasteiger partial charge in [0.05, 0.1) is 11.1 Å². The second kappa shape index (κ2) is 9.16. The molecule has 40 heavy (non-hydrogen) atoms. The number of piperazine rings is 1. The van der Waals surface area contributed by atoms with Crippen LogP contribution in [0.15, 0.2) is 6.07 Å². The zero-order chi connectivity index (χ0) is 27.1. The van der Waals surface area contributed by atoms with Crippen molar-refractivity contribution in [3.63, 3.8) is 0 Å². The fourth-order valence-electron chi connectivity index (χ4n) is 8.64. The number of ether oxygens (including phenoxy) is 1. The summed E-state index contributed by atoms with van der Waals surface area (Å²) in [5.74, 6) is 1.79. The number of nitriles is 1. The predicted molar refractivity (Wildman–Crippen MR) is 153 cm³/mol. The monoisotopic (exact) mass is 564 g/mol. The molecule has 0 amide bonds. The summed E-state index contributed by atoms with van der Waals surface area (Å²) in [5, 5.41) is 14.2. The van der Waals surface area contributed by atoms with E-state index in [1.54, 1.807) is 11.3 Å². The van der Waals surface area contributed by atoms with Crippen LogP contribution >= 0.6 is 11.3 Å². The number of nitrogen functional groups attached to an aromatic ring is 1. The summed E-state index contributed by atoms with van der Waals surface area (Å²) in [6, 6.07) is 5.90. The van der Waals surface area contributed by atoms with E-state index in [1.165, 1.54) is 23.3 Å². The van der Waals surface area contributed by atoms with Crippen molar-refractivity contribution in [2.24, 2.45) is 0 Å². The van der Waals surface area contributed by atoms with E-state index >= 15 is 0 Å². The molecule has 5 fully saturated rings. The number of fused-ring (bicyclic) bond motifs is 5. The van der Waals surface area contributed by atoms with Crippen LogP contribution in [0, 0.1) is 11.3 Å². The number of rotatable bonds is 5. The lowest BCUT2D eigenvalue weighted by molar-refractivity contribution is 0.107. The molecule has 3 N–H and O–H groups in total. The number of halogens is 1. The highest BCUT2D eigenvalue weighted by Crippen LogP contribution is 2.51. The Hall–Kier alpha value is -2.68. The van der Waals surface area contributed by atoms with Crippen LogP contribution in [-0.2, 0) is 11.8 Å². The topological polar surface area (TPSA) is 107 Å². The van der Waals surface area contributed by atoms with E-state index in [9.17, 15) is 9.65 Å². The van der Waals surface area contributed by atoms with Gasteiger partial charge in [0.15, 0.2) is 0 Å². The standard InChI is InChI=1S/C29H37FN8OS/c30-18-10-29(7-2-8-38(29)12-18)17-39-27-34-23(36-13-19-4-5-20(14-36)33-19)9-24(35-27)37-15-28(16-37)6-1-3-22-25(28)21(11-31)26(32)40-22/h9,18-20,33H,1-8,10,12-17,32H2/t18-,19?,20?,29+/m1/s1. The number of thiophene rings is 1. The van der Waals surface area contributed by atoms with Crippen LogP contribution in [0.3, 0.4) is 0 Å². The van der Waals surface area contributed by atoms with Crippen molar-refractivity contribution in [1.82, 2.24) is 20.2 Å². The molecule has 9 nitrogen and oxygen atoms in total. The lowest BCUT2D eigenvalue weighted by atomic mass is 9.66. The van der Waals surface area contributed by atoms with Gasteiger partial charge in [0, 0.05) is 67.6 Å². The number of hydrogen-bond acceptors (Lipinski definition) is 10. The summed E-state index contributed by atoms with van der Waals surface area (Å²) in [6.45, 7) is 5.37. The van der Waals surface area contributed by atoms with Crippen molar-refractivity contribution in [1.29, 1.82) is 5.26 Å². The maximum atomic E-state index is 14.4. The Bertz CT molecular complexity index is 1360. The Kier molecular flexibility index (Phi) is 5.74. The molecular weight excluding hydrogens is 527 g/mol. The number of aromatic nitrogens is 2. The zero-order valence-electron chi connectivity index (χ0n) is 22.9. The van der Waals surface area contributed by atoms with Crippen LogP contribution in [0.1, 0.15) is 60.9 Å². The van der Waals surface area contributed by atoms with Crippen LogP contribution in [0.4, 0.5) is 21.0 Å². The Morgan fingerprint density at radius 2 is 1.90 bits per heavy atom. The van der Waals surface area contributed by atoms with Gasteiger partial charge >= 0.3 is 6.01 Å². The number of nitrogens with zero attached hydrogens (tertiary/aromatic N) is 6. The van der Waals surface area contributed by atoms with E-state index in [0.29, 0.717) is 48.2 Å². The van der Waals surface area contributed by atoms with E-state index in [-0.39, 0.29) is 11.0 Å². The third-order valence-electron chi connectivity index (χ3n) is 10.5. The third kappa shape index (κ3) is 3.90. The average molecular weight is 565 g/mol. The molecule has 2 unspecified atom stereocenters. The molecule has 8 rings (SSSR count). The molecule has 0 saturated carbocycles. The zero-order valence-corrected chi connectivity index (χ0v) is 23.7. The second-order valence-electron chi connectivity index (χ2n) is 13.0. The molecule has 2 bridgehead atoms. The normalized spacial score (nSPS) is 32.1. The van der Waals surface area contributed by atoms with Crippen LogP contribution in [0.2, 0.25) is 0 Å². The minimum Gasteiger partial charge on any atom is -0.461 e. The van der Waals surface area contributed by atoms with Crippen molar-refractivity contribution in [3.8, 4) is 12.1 Å². The smallest absolute Gasteiger partial charge is 0.320 e. The maximum Gasteiger partial charge on any atom is 0.320 e. The number of nitrogens with one attached hydrogen (secondary N) is 1. The summed E-state index contributed by atoms with van der Waals surface area (Å²) >= 11 is 1.59. The summed E-state index contributed by atoms with van der Waals surface area (Å²) < 4.78 is 20.8. The van der Waals surface area contributed by atoms with Crippen LogP contribution in [0.25, 0.3) is 0 Å². The molecule has 5 aliphatic heterocycles. The van der Waals surface area contributed by atoms with E-state index in [0.717, 1.165) is 76.5 Å². The van der Waals surface area contributed by atoms with Gasteiger partial charge in [-0.1, -0.05) is 0 Å². The van der Waals surface area contributed by atoms with Crippen LogP contribution < -0.4 is 25.6 Å². The highest BCUT2D eigenvalue weighted by Gasteiger charge is 2.51.